The maximum Gasteiger partial charge on any atom is 0.122 e. The highest BCUT2D eigenvalue weighted by atomic mass is 15.3. The second-order valence-electron chi connectivity index (χ2n) is 16.0. The Hall–Kier alpha value is -9.00. The lowest BCUT2D eigenvalue weighted by molar-refractivity contribution is 1.04. The topological polar surface area (TPSA) is 42.1 Å². The third kappa shape index (κ3) is 7.84. The van der Waals surface area contributed by atoms with Crippen LogP contribution in [-0.4, -0.2) is 19.1 Å². The monoisotopic (exact) mass is 848 g/mol. The number of aromatic nitrogens is 4. The number of pyridine rings is 2. The molecule has 314 valence electrons. The van der Waals surface area contributed by atoms with E-state index < -0.39 is 0 Å². The Morgan fingerprint density at radius 1 is 0.273 bits per heavy atom. The van der Waals surface area contributed by atoms with Gasteiger partial charge in [-0.05, 0) is 137 Å². The molecule has 6 nitrogen and oxygen atoms in total. The Morgan fingerprint density at radius 3 is 1.02 bits per heavy atom. The molecule has 0 aliphatic rings. The zero-order chi connectivity index (χ0) is 44.1. The molecule has 0 spiro atoms. The molecule has 0 fully saturated rings. The molecule has 7 aromatic carbocycles. The van der Waals surface area contributed by atoms with Crippen LogP contribution in [-0.2, 0) is 0 Å². The zero-order valence-corrected chi connectivity index (χ0v) is 36.1. The van der Waals surface area contributed by atoms with Gasteiger partial charge < -0.3 is 0 Å². The van der Waals surface area contributed by atoms with E-state index in [9.17, 15) is 0 Å². The normalized spacial score (nSPS) is 11.0. The molecule has 4 aromatic heterocycles. The van der Waals surface area contributed by atoms with Gasteiger partial charge in [0.25, 0.3) is 0 Å². The minimum Gasteiger partial charge on any atom is -0.296 e. The van der Waals surface area contributed by atoms with E-state index >= 15 is 0 Å². The SMILES string of the molecule is c1ccc(-c2ccc(N(c3cccnc3)c3ccc(-c4cccc(-c5ccc(N(c6ccc(-c7ccccc7)cc6)c6cccnc6)n5-c5ccccc5)c4)n3-c3ccccc3)cc2)cc1. The van der Waals surface area contributed by atoms with Gasteiger partial charge >= 0.3 is 0 Å². The second kappa shape index (κ2) is 18.0. The standard InChI is InChI=1S/C60H44N6/c1-5-16-45(17-6-1)47-28-32-53(33-29-47)63(55-26-14-40-61-43-55)59-38-36-57(65(59)51-22-9-3-10-23-51)49-20-13-21-50(42-49)58-37-39-60(66(58)52-24-11-4-12-25-52)64(56-27-15-41-62-44-56)54-34-30-48(31-35-54)46-18-7-2-8-19-46/h1-44H. The first-order valence-corrected chi connectivity index (χ1v) is 22.1. The molecule has 0 amide bonds. The molecule has 0 radical (unpaired) electrons. The summed E-state index contributed by atoms with van der Waals surface area (Å²) in [6, 6.07) is 85.7. The molecule has 0 saturated carbocycles. The van der Waals surface area contributed by atoms with Crippen molar-refractivity contribution in [3.05, 3.63) is 267 Å². The van der Waals surface area contributed by atoms with Crippen LogP contribution in [0.15, 0.2) is 267 Å². The van der Waals surface area contributed by atoms with E-state index in [4.69, 9.17) is 0 Å². The van der Waals surface area contributed by atoms with Gasteiger partial charge in [-0.2, -0.15) is 0 Å². The molecule has 11 rings (SSSR count). The summed E-state index contributed by atoms with van der Waals surface area (Å²) in [7, 11) is 0. The molecule has 66 heavy (non-hydrogen) atoms. The molecule has 0 atom stereocenters. The van der Waals surface area contributed by atoms with E-state index in [1.807, 2.05) is 36.9 Å². The van der Waals surface area contributed by atoms with Crippen LogP contribution in [0.5, 0.6) is 0 Å². The highest BCUT2D eigenvalue weighted by molar-refractivity contribution is 5.84. The number of benzene rings is 7. The van der Waals surface area contributed by atoms with Crippen molar-refractivity contribution >= 4 is 34.4 Å². The molecular weight excluding hydrogens is 805 g/mol. The quantitative estimate of drug-likeness (QED) is 0.123. The number of nitrogens with zero attached hydrogens (tertiary/aromatic N) is 6. The Morgan fingerprint density at radius 2 is 0.636 bits per heavy atom. The van der Waals surface area contributed by atoms with Crippen molar-refractivity contribution in [2.75, 3.05) is 9.80 Å². The maximum atomic E-state index is 4.58. The van der Waals surface area contributed by atoms with Gasteiger partial charge in [0.15, 0.2) is 0 Å². The first-order valence-electron chi connectivity index (χ1n) is 22.1. The van der Waals surface area contributed by atoms with Crippen LogP contribution in [0.4, 0.5) is 34.4 Å². The number of hydrogen-bond acceptors (Lipinski definition) is 4. The summed E-state index contributed by atoms with van der Waals surface area (Å²) in [4.78, 5) is 13.7. The first kappa shape index (κ1) is 39.8. The van der Waals surface area contributed by atoms with Gasteiger partial charge in [0.05, 0.1) is 35.2 Å². The van der Waals surface area contributed by atoms with E-state index in [1.165, 1.54) is 11.1 Å². The molecule has 0 N–H and O–H groups in total. The first-order chi connectivity index (χ1) is 32.8. The number of hydrogen-bond donors (Lipinski definition) is 0. The van der Waals surface area contributed by atoms with Crippen molar-refractivity contribution in [3.63, 3.8) is 0 Å². The van der Waals surface area contributed by atoms with Crippen LogP contribution in [0.25, 0.3) is 56.1 Å². The average molecular weight is 849 g/mol. The Kier molecular flexibility index (Phi) is 10.9. The molecule has 0 bridgehead atoms. The summed E-state index contributed by atoms with van der Waals surface area (Å²) >= 11 is 0. The summed E-state index contributed by atoms with van der Waals surface area (Å²) in [5, 5.41) is 0. The number of para-hydroxylation sites is 2. The minimum atomic E-state index is 0.960. The Bertz CT molecular complexity index is 3090. The lowest BCUT2D eigenvalue weighted by atomic mass is 10.1. The van der Waals surface area contributed by atoms with Gasteiger partial charge in [0, 0.05) is 35.1 Å². The van der Waals surface area contributed by atoms with E-state index in [-0.39, 0.29) is 0 Å². The van der Waals surface area contributed by atoms with Crippen LogP contribution in [0.3, 0.4) is 0 Å². The van der Waals surface area contributed by atoms with Crippen LogP contribution >= 0.6 is 0 Å². The number of rotatable bonds is 12. The van der Waals surface area contributed by atoms with Gasteiger partial charge in [-0.25, -0.2) is 0 Å². The van der Waals surface area contributed by atoms with Gasteiger partial charge in [-0.3, -0.25) is 28.9 Å². The second-order valence-corrected chi connectivity index (χ2v) is 16.0. The lowest BCUT2D eigenvalue weighted by Gasteiger charge is -2.28. The molecule has 0 unspecified atom stereocenters. The number of anilines is 6. The van der Waals surface area contributed by atoms with Crippen molar-refractivity contribution in [1.29, 1.82) is 0 Å². The van der Waals surface area contributed by atoms with Crippen LogP contribution in [0.2, 0.25) is 0 Å². The van der Waals surface area contributed by atoms with Crippen LogP contribution in [0.1, 0.15) is 0 Å². The van der Waals surface area contributed by atoms with E-state index in [0.29, 0.717) is 0 Å². The third-order valence-electron chi connectivity index (χ3n) is 11.9. The van der Waals surface area contributed by atoms with Crippen molar-refractivity contribution < 1.29 is 0 Å². The summed E-state index contributed by atoms with van der Waals surface area (Å²) < 4.78 is 4.70. The van der Waals surface area contributed by atoms with Crippen molar-refractivity contribution in [1.82, 2.24) is 19.1 Å². The smallest absolute Gasteiger partial charge is 0.122 e. The summed E-state index contributed by atoms with van der Waals surface area (Å²) in [5.41, 5.74) is 15.0. The third-order valence-corrected chi connectivity index (χ3v) is 11.9. The van der Waals surface area contributed by atoms with Gasteiger partial charge in [0.1, 0.15) is 11.6 Å². The molecule has 4 heterocycles. The summed E-state index contributed by atoms with van der Waals surface area (Å²) in [6.45, 7) is 0. The van der Waals surface area contributed by atoms with Gasteiger partial charge in [-0.15, -0.1) is 0 Å². The van der Waals surface area contributed by atoms with Crippen molar-refractivity contribution in [3.8, 4) is 56.1 Å². The molecular formula is C60H44N6. The van der Waals surface area contributed by atoms with Crippen LogP contribution in [0, 0.1) is 0 Å². The highest BCUT2D eigenvalue weighted by Crippen LogP contribution is 2.43. The van der Waals surface area contributed by atoms with Crippen LogP contribution < -0.4 is 9.80 Å². The molecule has 11 aromatic rings. The van der Waals surface area contributed by atoms with Crippen molar-refractivity contribution in [2.24, 2.45) is 0 Å². The van der Waals surface area contributed by atoms with E-state index in [0.717, 1.165) is 79.4 Å². The largest absolute Gasteiger partial charge is 0.296 e. The Balaban J connectivity index is 1.05. The molecule has 0 aliphatic heterocycles. The summed E-state index contributed by atoms with van der Waals surface area (Å²) in [5.74, 6) is 1.98. The Labute approximate surface area is 385 Å². The zero-order valence-electron chi connectivity index (χ0n) is 36.1. The fourth-order valence-corrected chi connectivity index (χ4v) is 8.85. The average Bonchev–Trinajstić information content (AvgIpc) is 4.04. The molecule has 0 aliphatic carbocycles. The highest BCUT2D eigenvalue weighted by Gasteiger charge is 2.24. The predicted molar refractivity (Wildman–Crippen MR) is 272 cm³/mol. The maximum absolute atomic E-state index is 4.58. The molecule has 6 heteroatoms. The fraction of sp³-hybridized carbons (Fsp3) is 0. The van der Waals surface area contributed by atoms with E-state index in [1.54, 1.807) is 0 Å². The molecule has 0 saturated heterocycles. The fourth-order valence-electron chi connectivity index (χ4n) is 8.85. The predicted octanol–water partition coefficient (Wildman–Crippen LogP) is 15.7. The lowest BCUT2D eigenvalue weighted by Crippen LogP contribution is -2.15. The van der Waals surface area contributed by atoms with Gasteiger partial charge in [0.2, 0.25) is 0 Å². The van der Waals surface area contributed by atoms with Crippen molar-refractivity contribution in [2.45, 2.75) is 0 Å². The summed E-state index contributed by atoms with van der Waals surface area (Å²) in [6.07, 6.45) is 7.49. The van der Waals surface area contributed by atoms with E-state index in [2.05, 4.69) is 259 Å². The minimum absolute atomic E-state index is 0.960. The van der Waals surface area contributed by atoms with Gasteiger partial charge in [-0.1, -0.05) is 140 Å².